The summed E-state index contributed by atoms with van der Waals surface area (Å²) in [5, 5.41) is 0. The number of aromatic nitrogens is 2. The maximum Gasteiger partial charge on any atom is 0.328 e. The molecule has 0 amide bonds. The second-order valence-electron chi connectivity index (χ2n) is 5.53. The van der Waals surface area contributed by atoms with Gasteiger partial charge < -0.3 is 18.9 Å². The molecule has 1 aromatic heterocycles. The number of rotatable bonds is 5. The van der Waals surface area contributed by atoms with Crippen LogP contribution in [0, 0.1) is 4.64 Å². The first-order valence-corrected chi connectivity index (χ1v) is 8.04. The van der Waals surface area contributed by atoms with Crippen LogP contribution in [-0.2, 0) is 33.3 Å². The van der Waals surface area contributed by atoms with Crippen LogP contribution < -0.4 is 5.69 Å². The number of ether oxygens (including phenoxy) is 4. The fourth-order valence-corrected chi connectivity index (χ4v) is 2.69. The zero-order chi connectivity index (χ0) is 19.4. The Kier molecular flexibility index (Phi) is 6.27. The monoisotopic (exact) mass is 386 g/mol. The summed E-state index contributed by atoms with van der Waals surface area (Å²) in [6.45, 7) is 3.30. The van der Waals surface area contributed by atoms with Gasteiger partial charge in [0.15, 0.2) is 18.4 Å². The molecule has 0 saturated carbocycles. The van der Waals surface area contributed by atoms with E-state index in [4.69, 9.17) is 31.2 Å². The topological polar surface area (TPSA) is 126 Å². The van der Waals surface area contributed by atoms with Crippen LogP contribution in [0.3, 0.4) is 0 Å². The lowest BCUT2D eigenvalue weighted by Gasteiger charge is -2.23. The molecule has 1 fully saturated rings. The molecule has 0 spiro atoms. The molecule has 1 aromatic rings. The number of esters is 3. The Morgan fingerprint density at radius 3 is 2.31 bits per heavy atom. The Morgan fingerprint density at radius 1 is 1.15 bits per heavy atom. The third-order valence-electron chi connectivity index (χ3n) is 3.47. The van der Waals surface area contributed by atoms with Crippen molar-refractivity contribution < 1.29 is 33.3 Å². The highest BCUT2D eigenvalue weighted by molar-refractivity contribution is 7.71. The van der Waals surface area contributed by atoms with Crippen molar-refractivity contribution in [2.24, 2.45) is 0 Å². The van der Waals surface area contributed by atoms with Crippen molar-refractivity contribution in [2.45, 2.75) is 45.3 Å². The van der Waals surface area contributed by atoms with E-state index in [0.29, 0.717) is 0 Å². The van der Waals surface area contributed by atoms with Crippen LogP contribution in [0.25, 0.3) is 0 Å². The first-order chi connectivity index (χ1) is 12.2. The van der Waals surface area contributed by atoms with Gasteiger partial charge in [-0.2, -0.15) is 0 Å². The van der Waals surface area contributed by atoms with Crippen LogP contribution in [0.4, 0.5) is 0 Å². The Bertz CT molecular complexity index is 816. The molecule has 4 atom stereocenters. The Hall–Kier alpha value is -2.53. The molecule has 4 unspecified atom stereocenters. The van der Waals surface area contributed by atoms with Crippen molar-refractivity contribution in [3.05, 3.63) is 27.4 Å². The van der Waals surface area contributed by atoms with Crippen molar-refractivity contribution in [3.8, 4) is 0 Å². The summed E-state index contributed by atoms with van der Waals surface area (Å²) in [6, 6.07) is 1.45. The average molecular weight is 386 g/mol. The van der Waals surface area contributed by atoms with Gasteiger partial charge in [0.1, 0.15) is 17.4 Å². The average Bonchev–Trinajstić information content (AvgIpc) is 2.82. The van der Waals surface area contributed by atoms with Gasteiger partial charge in [0.05, 0.1) is 0 Å². The van der Waals surface area contributed by atoms with E-state index in [1.165, 1.54) is 33.0 Å². The van der Waals surface area contributed by atoms with Crippen LogP contribution in [0.1, 0.15) is 27.0 Å². The SMILES string of the molecule is CC(=O)OCC1OC(n2ccc(=S)[nH]c2=O)C(OC(C)=O)C1OC(C)=O. The molecule has 0 aromatic carbocycles. The van der Waals surface area contributed by atoms with Gasteiger partial charge in [-0.3, -0.25) is 23.9 Å². The molecule has 1 N–H and O–H groups in total. The van der Waals surface area contributed by atoms with E-state index in [2.05, 4.69) is 4.98 Å². The molecule has 1 aliphatic rings. The summed E-state index contributed by atoms with van der Waals surface area (Å²) < 4.78 is 22.4. The summed E-state index contributed by atoms with van der Waals surface area (Å²) >= 11 is 4.89. The normalized spacial score (nSPS) is 24.7. The molecule has 1 saturated heterocycles. The molecular formula is C15H18N2O8S. The number of hydrogen-bond donors (Lipinski definition) is 1. The first kappa shape index (κ1) is 19.8. The van der Waals surface area contributed by atoms with Crippen molar-refractivity contribution in [1.29, 1.82) is 0 Å². The second kappa shape index (κ2) is 8.23. The number of carbonyl (C=O) groups is 3. The van der Waals surface area contributed by atoms with Crippen LogP contribution in [0.15, 0.2) is 17.1 Å². The minimum atomic E-state index is -1.13. The molecule has 0 aliphatic carbocycles. The van der Waals surface area contributed by atoms with Gasteiger partial charge in [0, 0.05) is 27.0 Å². The second-order valence-corrected chi connectivity index (χ2v) is 5.97. The van der Waals surface area contributed by atoms with Crippen molar-refractivity contribution in [2.75, 3.05) is 6.61 Å². The van der Waals surface area contributed by atoms with Crippen LogP contribution in [-0.4, -0.2) is 52.4 Å². The third-order valence-corrected chi connectivity index (χ3v) is 3.70. The summed E-state index contributed by atoms with van der Waals surface area (Å²) in [4.78, 5) is 48.7. The number of carbonyl (C=O) groups excluding carboxylic acids is 3. The number of aromatic amines is 1. The maximum atomic E-state index is 12.2. The molecule has 0 bridgehead atoms. The smallest absolute Gasteiger partial charge is 0.328 e. The fraction of sp³-hybridized carbons (Fsp3) is 0.533. The van der Waals surface area contributed by atoms with E-state index in [0.717, 1.165) is 4.57 Å². The van der Waals surface area contributed by atoms with Crippen LogP contribution in [0.2, 0.25) is 0 Å². The highest BCUT2D eigenvalue weighted by Gasteiger charge is 2.50. The zero-order valence-electron chi connectivity index (χ0n) is 14.3. The highest BCUT2D eigenvalue weighted by atomic mass is 32.1. The van der Waals surface area contributed by atoms with Crippen LogP contribution >= 0.6 is 12.2 Å². The fourth-order valence-electron chi connectivity index (χ4n) is 2.54. The molecule has 11 heteroatoms. The van der Waals surface area contributed by atoms with E-state index in [1.54, 1.807) is 0 Å². The molecule has 10 nitrogen and oxygen atoms in total. The van der Waals surface area contributed by atoms with E-state index in [9.17, 15) is 19.2 Å². The number of nitrogens with one attached hydrogen (secondary N) is 1. The Labute approximate surface area is 153 Å². The quantitative estimate of drug-likeness (QED) is 0.430. The molecule has 2 heterocycles. The molecule has 142 valence electrons. The molecule has 1 aliphatic heterocycles. The first-order valence-electron chi connectivity index (χ1n) is 7.63. The van der Waals surface area contributed by atoms with Gasteiger partial charge in [0.2, 0.25) is 0 Å². The molecule has 2 rings (SSSR count). The number of hydrogen-bond acceptors (Lipinski definition) is 9. The van der Waals surface area contributed by atoms with E-state index >= 15 is 0 Å². The van der Waals surface area contributed by atoms with Gasteiger partial charge >= 0.3 is 23.6 Å². The van der Waals surface area contributed by atoms with Gasteiger partial charge in [0.25, 0.3) is 0 Å². The lowest BCUT2D eigenvalue weighted by Crippen LogP contribution is -2.41. The van der Waals surface area contributed by atoms with Crippen molar-refractivity contribution in [1.82, 2.24) is 9.55 Å². The predicted molar refractivity (Wildman–Crippen MR) is 87.5 cm³/mol. The van der Waals surface area contributed by atoms with E-state index in [1.807, 2.05) is 0 Å². The van der Waals surface area contributed by atoms with Crippen molar-refractivity contribution in [3.63, 3.8) is 0 Å². The number of nitrogens with zero attached hydrogens (tertiary/aromatic N) is 1. The summed E-state index contributed by atoms with van der Waals surface area (Å²) in [6.07, 6.45) is -2.88. The Morgan fingerprint density at radius 2 is 1.77 bits per heavy atom. The van der Waals surface area contributed by atoms with Gasteiger partial charge in [-0.1, -0.05) is 12.2 Å². The summed E-state index contributed by atoms with van der Waals surface area (Å²) in [7, 11) is 0. The largest absolute Gasteiger partial charge is 0.463 e. The molecule has 26 heavy (non-hydrogen) atoms. The highest BCUT2D eigenvalue weighted by Crippen LogP contribution is 2.33. The summed E-state index contributed by atoms with van der Waals surface area (Å²) in [5.41, 5.74) is -0.602. The van der Waals surface area contributed by atoms with E-state index < -0.39 is 48.1 Å². The maximum absolute atomic E-state index is 12.2. The minimum Gasteiger partial charge on any atom is -0.463 e. The van der Waals surface area contributed by atoms with Gasteiger partial charge in [-0.25, -0.2) is 4.79 Å². The molecule has 0 radical (unpaired) electrons. The summed E-state index contributed by atoms with van der Waals surface area (Å²) in [5.74, 6) is -1.88. The van der Waals surface area contributed by atoms with E-state index in [-0.39, 0.29) is 11.2 Å². The van der Waals surface area contributed by atoms with Gasteiger partial charge in [-0.15, -0.1) is 0 Å². The van der Waals surface area contributed by atoms with Crippen molar-refractivity contribution >= 4 is 30.1 Å². The zero-order valence-corrected chi connectivity index (χ0v) is 15.1. The van der Waals surface area contributed by atoms with Crippen LogP contribution in [0.5, 0.6) is 0 Å². The third kappa shape index (κ3) is 4.76. The molecular weight excluding hydrogens is 368 g/mol. The lowest BCUT2D eigenvalue weighted by atomic mass is 10.1. The standard InChI is InChI=1S/C15H18N2O8S/c1-7(18)22-6-10-12(23-8(2)19)13(24-9(3)20)14(25-10)17-5-4-11(26)16-15(17)21/h4-5,10,12-14H,6H2,1-3H3,(H,16,21,26). The van der Waals surface area contributed by atoms with Gasteiger partial charge in [-0.05, 0) is 6.07 Å². The number of H-pyrrole nitrogens is 1. The predicted octanol–water partition coefficient (Wildman–Crippen LogP) is 0.230. The lowest BCUT2D eigenvalue weighted by molar-refractivity contribution is -0.166. The minimum absolute atomic E-state index is 0.210. The Balaban J connectivity index is 2.41.